The summed E-state index contributed by atoms with van der Waals surface area (Å²) in [6, 6.07) is 11.0. The molecule has 0 saturated heterocycles. The Morgan fingerprint density at radius 1 is 1.00 bits per heavy atom. The molecule has 6 nitrogen and oxygen atoms in total. The van der Waals surface area contributed by atoms with Crippen molar-refractivity contribution < 1.29 is 18.8 Å². The third-order valence-electron chi connectivity index (χ3n) is 3.48. The highest BCUT2D eigenvalue weighted by Crippen LogP contribution is 2.17. The first-order chi connectivity index (χ1) is 12.3. The fourth-order valence-electron chi connectivity index (χ4n) is 2.14. The minimum absolute atomic E-state index is 0.131. The Kier molecular flexibility index (Phi) is 6.85. The highest BCUT2D eigenvalue weighted by molar-refractivity contribution is 9.10. The zero-order valence-electron chi connectivity index (χ0n) is 13.7. The van der Waals surface area contributed by atoms with E-state index in [2.05, 4.69) is 26.6 Å². The predicted molar refractivity (Wildman–Crippen MR) is 97.6 cm³/mol. The van der Waals surface area contributed by atoms with E-state index in [0.29, 0.717) is 22.1 Å². The number of rotatable bonds is 7. The van der Waals surface area contributed by atoms with Crippen molar-refractivity contribution in [1.82, 2.24) is 10.6 Å². The van der Waals surface area contributed by atoms with E-state index in [9.17, 15) is 18.8 Å². The lowest BCUT2D eigenvalue weighted by Gasteiger charge is -2.07. The first-order valence-electron chi connectivity index (χ1n) is 7.71. The van der Waals surface area contributed by atoms with Gasteiger partial charge >= 0.3 is 0 Å². The van der Waals surface area contributed by atoms with Crippen LogP contribution in [0.1, 0.15) is 21.5 Å². The average molecular weight is 422 g/mol. The number of nitrogens with two attached hydrogens (primary N) is 1. The molecule has 0 aliphatic heterocycles. The zero-order chi connectivity index (χ0) is 19.1. The molecule has 0 bridgehead atoms. The summed E-state index contributed by atoms with van der Waals surface area (Å²) >= 11 is 3.08. The smallest absolute Gasteiger partial charge is 0.251 e. The fraction of sp³-hybridized carbons (Fsp3) is 0.167. The van der Waals surface area contributed by atoms with E-state index in [0.717, 1.165) is 5.56 Å². The van der Waals surface area contributed by atoms with Crippen LogP contribution in [0.2, 0.25) is 0 Å². The number of carbonyl (C=O) groups excluding carboxylic acids is 3. The third kappa shape index (κ3) is 5.96. The minimum atomic E-state index is -0.620. The average Bonchev–Trinajstić information content (AvgIpc) is 2.61. The molecule has 0 heterocycles. The monoisotopic (exact) mass is 421 g/mol. The van der Waals surface area contributed by atoms with Crippen LogP contribution in [0.25, 0.3) is 0 Å². The van der Waals surface area contributed by atoms with E-state index >= 15 is 0 Å². The molecule has 0 aliphatic carbocycles. The quantitative estimate of drug-likeness (QED) is 0.633. The van der Waals surface area contributed by atoms with Crippen LogP contribution in [0.4, 0.5) is 4.39 Å². The summed E-state index contributed by atoms with van der Waals surface area (Å²) in [4.78, 5) is 34.4. The second-order valence-corrected chi connectivity index (χ2v) is 6.40. The van der Waals surface area contributed by atoms with Crippen molar-refractivity contribution in [3.05, 3.63) is 69.4 Å². The lowest BCUT2D eigenvalue weighted by molar-refractivity contribution is -0.120. The number of hydrogen-bond acceptors (Lipinski definition) is 3. The maximum Gasteiger partial charge on any atom is 0.251 e. The minimum Gasteiger partial charge on any atom is -0.368 e. The van der Waals surface area contributed by atoms with Crippen molar-refractivity contribution in [3.63, 3.8) is 0 Å². The van der Waals surface area contributed by atoms with E-state index in [4.69, 9.17) is 5.73 Å². The molecule has 136 valence electrons. The maximum absolute atomic E-state index is 13.2. The largest absolute Gasteiger partial charge is 0.368 e. The van der Waals surface area contributed by atoms with Crippen molar-refractivity contribution in [1.29, 1.82) is 0 Å². The van der Waals surface area contributed by atoms with Gasteiger partial charge in [-0.2, -0.15) is 0 Å². The van der Waals surface area contributed by atoms with Crippen LogP contribution in [-0.4, -0.2) is 24.3 Å². The van der Waals surface area contributed by atoms with Crippen LogP contribution in [-0.2, 0) is 22.6 Å². The Hall–Kier alpha value is -2.74. The van der Waals surface area contributed by atoms with Crippen LogP contribution < -0.4 is 16.4 Å². The highest BCUT2D eigenvalue weighted by atomic mass is 79.9. The van der Waals surface area contributed by atoms with Gasteiger partial charge in [0, 0.05) is 12.1 Å². The molecule has 0 radical (unpaired) electrons. The summed E-state index contributed by atoms with van der Waals surface area (Å²) in [5, 5.41) is 5.15. The molecule has 0 saturated carbocycles. The Balaban J connectivity index is 1.85. The lowest BCUT2D eigenvalue weighted by Crippen LogP contribution is -2.33. The normalized spacial score (nSPS) is 10.2. The van der Waals surface area contributed by atoms with Gasteiger partial charge in [-0.05, 0) is 51.3 Å². The highest BCUT2D eigenvalue weighted by Gasteiger charge is 2.08. The van der Waals surface area contributed by atoms with Crippen LogP contribution >= 0.6 is 15.9 Å². The SMILES string of the molecule is NC(=O)CNC(=O)c1ccc(CNC(=O)Cc2ccc(F)c(Br)c2)cc1. The van der Waals surface area contributed by atoms with Crippen molar-refractivity contribution in [2.45, 2.75) is 13.0 Å². The molecule has 3 amide bonds. The van der Waals surface area contributed by atoms with Gasteiger partial charge in [-0.3, -0.25) is 14.4 Å². The fourth-order valence-corrected chi connectivity index (χ4v) is 2.57. The van der Waals surface area contributed by atoms with Gasteiger partial charge in [-0.25, -0.2) is 4.39 Å². The Bertz CT molecular complexity index is 825. The molecule has 8 heteroatoms. The van der Waals surface area contributed by atoms with E-state index in [-0.39, 0.29) is 24.7 Å². The van der Waals surface area contributed by atoms with Gasteiger partial charge in [0.05, 0.1) is 17.4 Å². The lowest BCUT2D eigenvalue weighted by atomic mass is 10.1. The summed E-state index contributed by atoms with van der Waals surface area (Å²) in [5.74, 6) is -1.60. The van der Waals surface area contributed by atoms with Crippen molar-refractivity contribution >= 4 is 33.7 Å². The molecule has 2 aromatic carbocycles. The predicted octanol–water partition coefficient (Wildman–Crippen LogP) is 1.66. The van der Waals surface area contributed by atoms with E-state index < -0.39 is 11.8 Å². The van der Waals surface area contributed by atoms with Crippen molar-refractivity contribution in [2.75, 3.05) is 6.54 Å². The molecule has 0 unspecified atom stereocenters. The van der Waals surface area contributed by atoms with Gasteiger partial charge < -0.3 is 16.4 Å². The standard InChI is InChI=1S/C18H17BrFN3O3/c19-14-7-12(3-6-15(14)20)8-17(25)22-9-11-1-4-13(5-2-11)18(26)23-10-16(21)24/h1-7H,8-10H2,(H2,21,24)(H,22,25)(H,23,26). The number of halogens is 2. The summed E-state index contributed by atoms with van der Waals surface area (Å²) in [6.45, 7) is 0.0700. The molecule has 0 spiro atoms. The van der Waals surface area contributed by atoms with Crippen molar-refractivity contribution in [2.24, 2.45) is 5.73 Å². The Morgan fingerprint density at radius 3 is 2.27 bits per heavy atom. The number of amides is 3. The van der Waals surface area contributed by atoms with Crippen molar-refractivity contribution in [3.8, 4) is 0 Å². The molecule has 0 atom stereocenters. The topological polar surface area (TPSA) is 101 Å². The maximum atomic E-state index is 13.2. The summed E-state index contributed by atoms with van der Waals surface area (Å²) in [6.07, 6.45) is 0.131. The third-order valence-corrected chi connectivity index (χ3v) is 4.09. The Labute approximate surface area is 158 Å². The van der Waals surface area contributed by atoms with Gasteiger partial charge in [0.2, 0.25) is 11.8 Å². The first kappa shape index (κ1) is 19.6. The van der Waals surface area contributed by atoms with Crippen LogP contribution in [0, 0.1) is 5.82 Å². The molecular formula is C18H17BrFN3O3. The van der Waals surface area contributed by atoms with E-state index in [1.807, 2.05) is 0 Å². The number of benzene rings is 2. The summed E-state index contributed by atoms with van der Waals surface area (Å²) in [7, 11) is 0. The van der Waals surface area contributed by atoms with Crippen LogP contribution in [0.15, 0.2) is 46.9 Å². The van der Waals surface area contributed by atoms with Gasteiger partial charge in [-0.1, -0.05) is 18.2 Å². The summed E-state index contributed by atoms with van der Waals surface area (Å²) < 4.78 is 13.5. The van der Waals surface area contributed by atoms with Gasteiger partial charge in [0.1, 0.15) is 5.82 Å². The number of nitrogens with one attached hydrogen (secondary N) is 2. The second-order valence-electron chi connectivity index (χ2n) is 5.55. The number of primary amides is 1. The zero-order valence-corrected chi connectivity index (χ0v) is 15.3. The van der Waals surface area contributed by atoms with E-state index in [1.54, 1.807) is 36.4 Å². The van der Waals surface area contributed by atoms with Crippen LogP contribution in [0.5, 0.6) is 0 Å². The van der Waals surface area contributed by atoms with Gasteiger partial charge in [-0.15, -0.1) is 0 Å². The molecule has 4 N–H and O–H groups in total. The number of carbonyl (C=O) groups is 3. The van der Waals surface area contributed by atoms with Gasteiger partial charge in [0.15, 0.2) is 0 Å². The Morgan fingerprint density at radius 2 is 1.65 bits per heavy atom. The van der Waals surface area contributed by atoms with Gasteiger partial charge in [0.25, 0.3) is 5.91 Å². The number of hydrogen-bond donors (Lipinski definition) is 3. The first-order valence-corrected chi connectivity index (χ1v) is 8.50. The second kappa shape index (κ2) is 9.10. The molecule has 0 fully saturated rings. The summed E-state index contributed by atoms with van der Waals surface area (Å²) in [5.41, 5.74) is 6.86. The molecule has 0 aliphatic rings. The van der Waals surface area contributed by atoms with Crippen LogP contribution in [0.3, 0.4) is 0 Å². The molecule has 26 heavy (non-hydrogen) atoms. The van der Waals surface area contributed by atoms with E-state index in [1.165, 1.54) is 6.07 Å². The molecular weight excluding hydrogens is 405 g/mol. The molecule has 0 aromatic heterocycles. The molecule has 2 aromatic rings. The molecule has 2 rings (SSSR count).